The molecule has 178 valence electrons. The van der Waals surface area contributed by atoms with Crippen LogP contribution in [0.1, 0.15) is 22.5 Å². The van der Waals surface area contributed by atoms with Crippen molar-refractivity contribution in [3.8, 4) is 0 Å². The molecule has 15 nitrogen and oxygen atoms in total. The molecule has 0 bridgehead atoms. The third-order valence-electron chi connectivity index (χ3n) is 4.54. The summed E-state index contributed by atoms with van der Waals surface area (Å²) < 4.78 is 0. The van der Waals surface area contributed by atoms with E-state index in [0.717, 1.165) is 0 Å². The Morgan fingerprint density at radius 1 is 1.12 bits per heavy atom. The molecular weight excluding hydrogens is 454 g/mol. The fourth-order valence-corrected chi connectivity index (χ4v) is 2.80. The van der Waals surface area contributed by atoms with Gasteiger partial charge in [-0.25, -0.2) is 19.6 Å². The van der Waals surface area contributed by atoms with Crippen LogP contribution in [0.25, 0.3) is 11.2 Å². The number of carbonyl (C=O) groups is 3. The largest absolute Gasteiger partial charge is 0.480 e. The third kappa shape index (κ3) is 5.59. The van der Waals surface area contributed by atoms with E-state index in [9.17, 15) is 29.4 Å². The van der Waals surface area contributed by atoms with Gasteiger partial charge in [-0.15, -0.1) is 0 Å². The lowest BCUT2D eigenvalue weighted by Crippen LogP contribution is -2.50. The van der Waals surface area contributed by atoms with Crippen LogP contribution >= 0.6 is 0 Å². The number of nitrogens with zero attached hydrogens (tertiary/aromatic N) is 3. The highest BCUT2D eigenvalue weighted by Crippen LogP contribution is 2.14. The Balaban J connectivity index is 1.64. The first-order valence-corrected chi connectivity index (χ1v) is 9.53. The van der Waals surface area contributed by atoms with E-state index in [1.165, 1.54) is 30.5 Å². The van der Waals surface area contributed by atoms with E-state index in [4.69, 9.17) is 15.9 Å². The summed E-state index contributed by atoms with van der Waals surface area (Å²) in [4.78, 5) is 60.7. The van der Waals surface area contributed by atoms with E-state index >= 15 is 0 Å². The van der Waals surface area contributed by atoms with Crippen molar-refractivity contribution in [1.82, 2.24) is 25.3 Å². The average molecular weight is 473 g/mol. The molecular formula is C19H19N7O8. The highest BCUT2D eigenvalue weighted by molar-refractivity contribution is 5.97. The fourth-order valence-electron chi connectivity index (χ4n) is 2.80. The molecule has 0 fully saturated rings. The molecule has 1 amide bonds. The van der Waals surface area contributed by atoms with Crippen molar-refractivity contribution in [2.45, 2.75) is 24.8 Å². The minimum atomic E-state index is -3.33. The van der Waals surface area contributed by atoms with Gasteiger partial charge in [0.25, 0.3) is 17.3 Å². The van der Waals surface area contributed by atoms with Crippen LogP contribution in [-0.4, -0.2) is 70.0 Å². The number of carbonyl (C=O) groups excluding carboxylic acids is 1. The SMILES string of the molecule is Nc1nc2ncc(CNc3ccc(C(=O)N[C@@H](CC(O)(O)C(=O)O)C(=O)O)cc3)nc2c(=O)[nH]1. The van der Waals surface area contributed by atoms with Gasteiger partial charge in [0.15, 0.2) is 11.2 Å². The Labute approximate surface area is 189 Å². The number of aromatic nitrogens is 4. The van der Waals surface area contributed by atoms with Crippen molar-refractivity contribution in [2.24, 2.45) is 0 Å². The molecule has 2 aromatic heterocycles. The van der Waals surface area contributed by atoms with Crippen molar-refractivity contribution in [2.75, 3.05) is 11.1 Å². The molecule has 0 unspecified atom stereocenters. The molecule has 0 saturated carbocycles. The predicted molar refractivity (Wildman–Crippen MR) is 114 cm³/mol. The zero-order valence-electron chi connectivity index (χ0n) is 17.2. The highest BCUT2D eigenvalue weighted by atomic mass is 16.5. The molecule has 0 radical (unpaired) electrons. The molecule has 3 aromatic rings. The van der Waals surface area contributed by atoms with Gasteiger partial charge in [0, 0.05) is 17.7 Å². The van der Waals surface area contributed by atoms with Crippen LogP contribution in [0.4, 0.5) is 11.6 Å². The second-order valence-electron chi connectivity index (χ2n) is 7.11. The summed E-state index contributed by atoms with van der Waals surface area (Å²) in [6.45, 7) is 0.170. The second kappa shape index (κ2) is 9.47. The fraction of sp³-hybridized carbons (Fsp3) is 0.211. The van der Waals surface area contributed by atoms with Gasteiger partial charge >= 0.3 is 11.9 Å². The number of nitrogens with two attached hydrogens (primary N) is 1. The van der Waals surface area contributed by atoms with Gasteiger partial charge in [-0.2, -0.15) is 4.98 Å². The maximum Gasteiger partial charge on any atom is 0.364 e. The lowest BCUT2D eigenvalue weighted by Gasteiger charge is -2.21. The van der Waals surface area contributed by atoms with Crippen LogP contribution in [0.15, 0.2) is 35.3 Å². The number of benzene rings is 1. The number of anilines is 2. The van der Waals surface area contributed by atoms with Gasteiger partial charge in [-0.1, -0.05) is 0 Å². The average Bonchev–Trinajstić information content (AvgIpc) is 2.77. The second-order valence-corrected chi connectivity index (χ2v) is 7.11. The molecule has 1 aromatic carbocycles. The molecule has 0 aliphatic carbocycles. The minimum absolute atomic E-state index is 0.0196. The number of hydrogen-bond acceptors (Lipinski definition) is 11. The Hall–Kier alpha value is -4.63. The monoisotopic (exact) mass is 473 g/mol. The number of nitrogen functional groups attached to an aromatic ring is 1. The third-order valence-corrected chi connectivity index (χ3v) is 4.54. The number of hydrogen-bond donors (Lipinski definition) is 8. The van der Waals surface area contributed by atoms with Gasteiger partial charge < -0.3 is 36.8 Å². The molecule has 0 spiro atoms. The number of fused-ring (bicyclic) bond motifs is 1. The number of carboxylic acid groups (broad SMARTS) is 2. The van der Waals surface area contributed by atoms with E-state index in [1.807, 2.05) is 5.32 Å². The van der Waals surface area contributed by atoms with Crippen molar-refractivity contribution in [1.29, 1.82) is 0 Å². The number of aliphatic carboxylic acids is 2. The smallest absolute Gasteiger partial charge is 0.364 e. The summed E-state index contributed by atoms with van der Waals surface area (Å²) in [6.07, 6.45) is 0.245. The molecule has 0 aliphatic rings. The number of aliphatic hydroxyl groups is 2. The topological polar surface area (TPSA) is 254 Å². The Kier molecular flexibility index (Phi) is 6.69. The minimum Gasteiger partial charge on any atom is -0.480 e. The highest BCUT2D eigenvalue weighted by Gasteiger charge is 2.39. The van der Waals surface area contributed by atoms with E-state index in [2.05, 4.69) is 25.3 Å². The molecule has 15 heteroatoms. The zero-order valence-corrected chi connectivity index (χ0v) is 17.2. The maximum atomic E-state index is 12.3. The van der Waals surface area contributed by atoms with Crippen LogP contribution in [0.5, 0.6) is 0 Å². The summed E-state index contributed by atoms with van der Waals surface area (Å²) in [6, 6.07) is 3.88. The Morgan fingerprint density at radius 3 is 2.41 bits per heavy atom. The first-order valence-electron chi connectivity index (χ1n) is 9.53. The van der Waals surface area contributed by atoms with Crippen LogP contribution in [0.2, 0.25) is 0 Å². The first kappa shape index (κ1) is 24.0. The molecule has 1 atom stereocenters. The van der Waals surface area contributed by atoms with Gasteiger partial charge in [-0.3, -0.25) is 14.6 Å². The predicted octanol–water partition coefficient (Wildman–Crippen LogP) is -1.75. The van der Waals surface area contributed by atoms with Gasteiger partial charge in [0.2, 0.25) is 5.95 Å². The lowest BCUT2D eigenvalue weighted by atomic mass is 10.1. The number of nitrogens with one attached hydrogen (secondary N) is 3. The molecule has 34 heavy (non-hydrogen) atoms. The maximum absolute atomic E-state index is 12.3. The Bertz CT molecular complexity index is 1310. The van der Waals surface area contributed by atoms with E-state index in [1.54, 1.807) is 0 Å². The van der Waals surface area contributed by atoms with Crippen LogP contribution < -0.4 is 21.9 Å². The molecule has 0 saturated heterocycles. The number of rotatable bonds is 9. The molecule has 3 rings (SSSR count). The van der Waals surface area contributed by atoms with Gasteiger partial charge in [0.1, 0.15) is 6.04 Å². The summed E-state index contributed by atoms with van der Waals surface area (Å²) in [5.74, 6) is -7.97. The number of carboxylic acids is 2. The van der Waals surface area contributed by atoms with Gasteiger partial charge in [-0.05, 0) is 24.3 Å². The van der Waals surface area contributed by atoms with E-state index < -0.39 is 41.7 Å². The normalized spacial score (nSPS) is 12.2. The lowest BCUT2D eigenvalue weighted by molar-refractivity contribution is -0.207. The number of H-pyrrole nitrogens is 1. The van der Waals surface area contributed by atoms with E-state index in [-0.39, 0.29) is 29.2 Å². The Morgan fingerprint density at radius 2 is 1.79 bits per heavy atom. The molecule has 0 aliphatic heterocycles. The molecule has 2 heterocycles. The zero-order chi connectivity index (χ0) is 25.0. The van der Waals surface area contributed by atoms with Gasteiger partial charge in [0.05, 0.1) is 18.4 Å². The first-order chi connectivity index (χ1) is 16.0. The quantitative estimate of drug-likeness (QED) is 0.161. The number of amides is 1. The van der Waals surface area contributed by atoms with Crippen molar-refractivity contribution in [3.63, 3.8) is 0 Å². The summed E-state index contributed by atoms with van der Waals surface area (Å²) in [5.41, 5.74) is 6.06. The molecule has 9 N–H and O–H groups in total. The standard InChI is InChI=1S/C19H19N7O8/c20-18-25-13-12(15(28)26-18)23-10(7-22-13)6-21-9-3-1-8(2-4-9)14(27)24-11(16(29)30)5-19(33,34)17(31)32/h1-4,7,11,21,33-34H,5-6H2,(H,24,27)(H,29,30)(H,31,32)(H3,20,22,25,26,28)/t11-/m0/s1. The van der Waals surface area contributed by atoms with Crippen molar-refractivity contribution < 1.29 is 34.8 Å². The summed E-state index contributed by atoms with van der Waals surface area (Å²) in [5, 5.41) is 41.6. The van der Waals surface area contributed by atoms with Crippen LogP contribution in [0.3, 0.4) is 0 Å². The van der Waals surface area contributed by atoms with Crippen molar-refractivity contribution in [3.05, 3.63) is 52.1 Å². The summed E-state index contributed by atoms with van der Waals surface area (Å²) >= 11 is 0. The van der Waals surface area contributed by atoms with Crippen molar-refractivity contribution >= 4 is 40.6 Å². The van der Waals surface area contributed by atoms with Crippen LogP contribution in [-0.2, 0) is 16.1 Å². The van der Waals surface area contributed by atoms with E-state index in [0.29, 0.717) is 11.4 Å². The van der Waals surface area contributed by atoms with Crippen LogP contribution in [0, 0.1) is 0 Å². The summed E-state index contributed by atoms with van der Waals surface area (Å²) in [7, 11) is 0. The number of aromatic amines is 1.